The van der Waals surface area contributed by atoms with Gasteiger partial charge in [-0.15, -0.1) is 0 Å². The van der Waals surface area contributed by atoms with Crippen LogP contribution in [-0.2, 0) is 10.0 Å². The van der Waals surface area contributed by atoms with Gasteiger partial charge in [0.25, 0.3) is 0 Å². The van der Waals surface area contributed by atoms with Crippen LogP contribution in [0.25, 0.3) is 0 Å². The van der Waals surface area contributed by atoms with Crippen molar-refractivity contribution in [3.8, 4) is 5.75 Å². The molecule has 0 aliphatic heterocycles. The van der Waals surface area contributed by atoms with Crippen molar-refractivity contribution < 1.29 is 13.2 Å². The van der Waals surface area contributed by atoms with E-state index in [0.29, 0.717) is 13.2 Å². The summed E-state index contributed by atoms with van der Waals surface area (Å²) in [6.07, 6.45) is 0. The van der Waals surface area contributed by atoms with Gasteiger partial charge in [0.15, 0.2) is 0 Å². The van der Waals surface area contributed by atoms with E-state index in [-0.39, 0.29) is 5.75 Å². The smallest absolute Gasteiger partial charge is 0.211 e. The Kier molecular flexibility index (Phi) is 4.96. The molecule has 0 radical (unpaired) electrons. The lowest BCUT2D eigenvalue weighted by atomic mass is 10.1. The number of nitrogens with one attached hydrogen (secondary N) is 1. The normalized spacial score (nSPS) is 11.5. The molecule has 0 saturated heterocycles. The van der Waals surface area contributed by atoms with Gasteiger partial charge >= 0.3 is 0 Å². The topological polar surface area (TPSA) is 55.4 Å². The maximum absolute atomic E-state index is 11.1. The lowest BCUT2D eigenvalue weighted by Gasteiger charge is -2.09. The van der Waals surface area contributed by atoms with Gasteiger partial charge in [0.2, 0.25) is 10.0 Å². The lowest BCUT2D eigenvalue weighted by molar-refractivity contribution is 0.322. The second kappa shape index (κ2) is 6.02. The Bertz CT molecular complexity index is 469. The van der Waals surface area contributed by atoms with Crippen LogP contribution in [0.5, 0.6) is 5.75 Å². The predicted molar refractivity (Wildman–Crippen MR) is 68.9 cm³/mol. The molecule has 0 unspecified atom stereocenters. The molecule has 0 spiro atoms. The summed E-state index contributed by atoms with van der Waals surface area (Å²) in [4.78, 5) is 0. The first kappa shape index (κ1) is 14.0. The quantitative estimate of drug-likeness (QED) is 0.788. The van der Waals surface area contributed by atoms with Crippen LogP contribution < -0.4 is 9.46 Å². The van der Waals surface area contributed by atoms with Crippen molar-refractivity contribution in [2.45, 2.75) is 20.8 Å². The molecule has 96 valence electrons. The summed E-state index contributed by atoms with van der Waals surface area (Å²) in [5.74, 6) is 0.861. The molecule has 0 heterocycles. The van der Waals surface area contributed by atoms with Gasteiger partial charge in [-0.05, 0) is 44.0 Å². The van der Waals surface area contributed by atoms with E-state index < -0.39 is 10.0 Å². The molecule has 1 rings (SSSR count). The summed E-state index contributed by atoms with van der Waals surface area (Å²) in [6.45, 7) is 6.29. The largest absolute Gasteiger partial charge is 0.492 e. The lowest BCUT2D eigenvalue weighted by Crippen LogP contribution is -2.29. The van der Waals surface area contributed by atoms with E-state index in [1.165, 1.54) is 5.56 Å². The number of ether oxygens (including phenoxy) is 1. The van der Waals surface area contributed by atoms with Gasteiger partial charge in [0.1, 0.15) is 12.4 Å². The SMILES string of the molecule is CCS(=O)(=O)NCCOc1ccc(C)c(C)c1. The monoisotopic (exact) mass is 257 g/mol. The van der Waals surface area contributed by atoms with E-state index in [1.54, 1.807) is 6.92 Å². The van der Waals surface area contributed by atoms with Crippen molar-refractivity contribution in [1.82, 2.24) is 4.72 Å². The van der Waals surface area contributed by atoms with Crippen molar-refractivity contribution in [2.24, 2.45) is 0 Å². The van der Waals surface area contributed by atoms with E-state index >= 15 is 0 Å². The molecule has 17 heavy (non-hydrogen) atoms. The number of benzene rings is 1. The fourth-order valence-corrected chi connectivity index (χ4v) is 1.87. The van der Waals surface area contributed by atoms with E-state index in [0.717, 1.165) is 11.3 Å². The summed E-state index contributed by atoms with van der Waals surface area (Å²) in [5, 5.41) is 0. The molecule has 4 nitrogen and oxygen atoms in total. The number of rotatable bonds is 6. The molecule has 0 fully saturated rings. The van der Waals surface area contributed by atoms with Crippen molar-refractivity contribution in [3.05, 3.63) is 29.3 Å². The molecule has 0 bridgehead atoms. The van der Waals surface area contributed by atoms with Crippen LogP contribution in [0, 0.1) is 13.8 Å². The average Bonchev–Trinajstić information content (AvgIpc) is 2.29. The molecular formula is C12H19NO3S. The van der Waals surface area contributed by atoms with Crippen LogP contribution in [0.4, 0.5) is 0 Å². The highest BCUT2D eigenvalue weighted by Crippen LogP contribution is 2.15. The van der Waals surface area contributed by atoms with Gasteiger partial charge in [-0.25, -0.2) is 13.1 Å². The van der Waals surface area contributed by atoms with Crippen molar-refractivity contribution in [3.63, 3.8) is 0 Å². The van der Waals surface area contributed by atoms with Crippen LogP contribution in [-0.4, -0.2) is 27.3 Å². The summed E-state index contributed by atoms with van der Waals surface area (Å²) in [5.41, 5.74) is 2.38. The summed E-state index contributed by atoms with van der Waals surface area (Å²) in [7, 11) is -3.12. The molecule has 1 N–H and O–H groups in total. The Morgan fingerprint density at radius 3 is 2.53 bits per heavy atom. The van der Waals surface area contributed by atoms with Crippen LogP contribution in [0.1, 0.15) is 18.1 Å². The Hall–Kier alpha value is -1.07. The first-order valence-corrected chi connectivity index (χ1v) is 7.27. The number of hydrogen-bond donors (Lipinski definition) is 1. The van der Waals surface area contributed by atoms with Crippen molar-refractivity contribution >= 4 is 10.0 Å². The summed E-state index contributed by atoms with van der Waals surface area (Å²) < 4.78 is 30.2. The Balaban J connectivity index is 2.39. The van der Waals surface area contributed by atoms with Gasteiger partial charge in [-0.2, -0.15) is 0 Å². The predicted octanol–water partition coefficient (Wildman–Crippen LogP) is 1.62. The van der Waals surface area contributed by atoms with Crippen LogP contribution in [0.2, 0.25) is 0 Å². The zero-order valence-corrected chi connectivity index (χ0v) is 11.3. The maximum Gasteiger partial charge on any atom is 0.211 e. The highest BCUT2D eigenvalue weighted by molar-refractivity contribution is 7.89. The third-order valence-corrected chi connectivity index (χ3v) is 3.96. The third kappa shape index (κ3) is 4.75. The Morgan fingerprint density at radius 2 is 1.94 bits per heavy atom. The zero-order chi connectivity index (χ0) is 12.9. The van der Waals surface area contributed by atoms with Crippen LogP contribution in [0.15, 0.2) is 18.2 Å². The Labute approximate surface area is 103 Å². The molecule has 0 aliphatic carbocycles. The fourth-order valence-electron chi connectivity index (χ4n) is 1.27. The minimum Gasteiger partial charge on any atom is -0.492 e. The number of hydrogen-bond acceptors (Lipinski definition) is 3. The molecule has 1 aromatic rings. The van der Waals surface area contributed by atoms with Crippen LogP contribution in [0.3, 0.4) is 0 Å². The first-order chi connectivity index (χ1) is 7.94. The summed E-state index contributed by atoms with van der Waals surface area (Å²) >= 11 is 0. The minimum atomic E-state index is -3.12. The molecule has 1 aromatic carbocycles. The maximum atomic E-state index is 11.1. The van der Waals surface area contributed by atoms with Gasteiger partial charge < -0.3 is 4.74 Å². The second-order valence-corrected chi connectivity index (χ2v) is 5.99. The molecular weight excluding hydrogens is 238 g/mol. The third-order valence-electron chi connectivity index (χ3n) is 2.55. The van der Waals surface area contributed by atoms with Crippen molar-refractivity contribution in [1.29, 1.82) is 0 Å². The minimum absolute atomic E-state index is 0.0939. The summed E-state index contributed by atoms with van der Waals surface area (Å²) in [6, 6.07) is 5.82. The highest BCUT2D eigenvalue weighted by atomic mass is 32.2. The molecule has 0 amide bonds. The van der Waals surface area contributed by atoms with E-state index in [9.17, 15) is 8.42 Å². The van der Waals surface area contributed by atoms with Gasteiger partial charge in [-0.1, -0.05) is 6.07 Å². The second-order valence-electron chi connectivity index (χ2n) is 3.89. The number of sulfonamides is 1. The highest BCUT2D eigenvalue weighted by Gasteiger charge is 2.04. The fraction of sp³-hybridized carbons (Fsp3) is 0.500. The van der Waals surface area contributed by atoms with Gasteiger partial charge in [0, 0.05) is 6.54 Å². The average molecular weight is 257 g/mol. The van der Waals surface area contributed by atoms with Crippen LogP contribution >= 0.6 is 0 Å². The molecule has 0 aromatic heterocycles. The molecule has 5 heteroatoms. The molecule has 0 atom stereocenters. The Morgan fingerprint density at radius 1 is 1.24 bits per heavy atom. The van der Waals surface area contributed by atoms with Crippen molar-refractivity contribution in [2.75, 3.05) is 18.9 Å². The molecule has 0 aliphatic rings. The zero-order valence-electron chi connectivity index (χ0n) is 10.5. The number of aryl methyl sites for hydroxylation is 2. The standard InChI is InChI=1S/C12H19NO3S/c1-4-17(14,15)13-7-8-16-12-6-5-10(2)11(3)9-12/h5-6,9,13H,4,7-8H2,1-3H3. The molecule has 0 saturated carbocycles. The first-order valence-electron chi connectivity index (χ1n) is 5.62. The van der Waals surface area contributed by atoms with Gasteiger partial charge in [-0.3, -0.25) is 0 Å². The van der Waals surface area contributed by atoms with E-state index in [4.69, 9.17) is 4.74 Å². The van der Waals surface area contributed by atoms with Gasteiger partial charge in [0.05, 0.1) is 5.75 Å². The van der Waals surface area contributed by atoms with E-state index in [1.807, 2.05) is 32.0 Å². The van der Waals surface area contributed by atoms with E-state index in [2.05, 4.69) is 4.72 Å².